The van der Waals surface area contributed by atoms with Crippen molar-refractivity contribution in [3.63, 3.8) is 0 Å². The highest BCUT2D eigenvalue weighted by Gasteiger charge is 2.15. The first kappa shape index (κ1) is 15.6. The van der Waals surface area contributed by atoms with E-state index >= 15 is 0 Å². The van der Waals surface area contributed by atoms with E-state index < -0.39 is 0 Å². The molecular formula is C16H24N2O3. The number of urea groups is 1. The molecule has 1 saturated heterocycles. The van der Waals surface area contributed by atoms with Crippen molar-refractivity contribution in [2.75, 3.05) is 39.5 Å². The third kappa shape index (κ3) is 4.93. The molecule has 1 heterocycles. The number of benzene rings is 1. The van der Waals surface area contributed by atoms with Crippen LogP contribution in [-0.4, -0.2) is 50.4 Å². The fourth-order valence-electron chi connectivity index (χ4n) is 2.17. The van der Waals surface area contributed by atoms with Crippen LogP contribution in [-0.2, 0) is 4.74 Å². The van der Waals surface area contributed by atoms with Gasteiger partial charge in [-0.05, 0) is 23.6 Å². The van der Waals surface area contributed by atoms with Crippen LogP contribution in [0.2, 0.25) is 0 Å². The summed E-state index contributed by atoms with van der Waals surface area (Å²) in [5.74, 6) is 1.33. The number of hydrogen-bond acceptors (Lipinski definition) is 3. The molecule has 0 aliphatic carbocycles. The van der Waals surface area contributed by atoms with Crippen LogP contribution in [0, 0.1) is 0 Å². The normalized spacial score (nSPS) is 15.1. The minimum absolute atomic E-state index is 0.0437. The molecule has 1 N–H and O–H groups in total. The van der Waals surface area contributed by atoms with E-state index in [0.29, 0.717) is 45.4 Å². The van der Waals surface area contributed by atoms with Crippen LogP contribution in [0.15, 0.2) is 24.3 Å². The fraction of sp³-hybridized carbons (Fsp3) is 0.562. The number of nitrogens with zero attached hydrogens (tertiary/aromatic N) is 1. The van der Waals surface area contributed by atoms with E-state index in [0.717, 1.165) is 5.75 Å². The van der Waals surface area contributed by atoms with Crippen molar-refractivity contribution in [3.8, 4) is 5.75 Å². The number of carbonyl (C=O) groups excluding carboxylic acids is 1. The predicted octanol–water partition coefficient (Wildman–Crippen LogP) is 2.23. The fourth-order valence-corrected chi connectivity index (χ4v) is 2.17. The van der Waals surface area contributed by atoms with E-state index in [4.69, 9.17) is 9.47 Å². The minimum Gasteiger partial charge on any atom is -0.492 e. The number of hydrogen-bond donors (Lipinski definition) is 1. The zero-order chi connectivity index (χ0) is 15.1. The van der Waals surface area contributed by atoms with Gasteiger partial charge < -0.3 is 19.7 Å². The molecule has 5 heteroatoms. The van der Waals surface area contributed by atoms with Gasteiger partial charge in [0, 0.05) is 13.1 Å². The highest BCUT2D eigenvalue weighted by atomic mass is 16.5. The molecule has 2 rings (SSSR count). The molecule has 1 aliphatic rings. The molecule has 1 aromatic rings. The van der Waals surface area contributed by atoms with E-state index in [1.807, 2.05) is 12.1 Å². The lowest BCUT2D eigenvalue weighted by Crippen LogP contribution is -2.47. The molecule has 1 aliphatic heterocycles. The molecule has 116 valence electrons. The Morgan fingerprint density at radius 2 is 2.14 bits per heavy atom. The largest absolute Gasteiger partial charge is 0.492 e. The molecule has 1 aromatic carbocycles. The van der Waals surface area contributed by atoms with Crippen molar-refractivity contribution in [1.29, 1.82) is 0 Å². The number of amides is 2. The summed E-state index contributed by atoms with van der Waals surface area (Å²) in [4.78, 5) is 13.6. The van der Waals surface area contributed by atoms with Crippen molar-refractivity contribution in [3.05, 3.63) is 29.8 Å². The van der Waals surface area contributed by atoms with E-state index in [2.05, 4.69) is 31.3 Å². The summed E-state index contributed by atoms with van der Waals surface area (Å²) in [6.07, 6.45) is 0. The zero-order valence-electron chi connectivity index (χ0n) is 12.8. The Bertz CT molecular complexity index is 457. The third-order valence-corrected chi connectivity index (χ3v) is 3.47. The van der Waals surface area contributed by atoms with Gasteiger partial charge in [0.25, 0.3) is 0 Å². The predicted molar refractivity (Wildman–Crippen MR) is 81.8 cm³/mol. The molecule has 0 radical (unpaired) electrons. The monoisotopic (exact) mass is 292 g/mol. The smallest absolute Gasteiger partial charge is 0.317 e. The van der Waals surface area contributed by atoms with Crippen LogP contribution < -0.4 is 10.1 Å². The third-order valence-electron chi connectivity index (χ3n) is 3.47. The molecule has 5 nitrogen and oxygen atoms in total. The summed E-state index contributed by atoms with van der Waals surface area (Å²) >= 11 is 0. The molecule has 1 fully saturated rings. The Labute approximate surface area is 126 Å². The van der Waals surface area contributed by atoms with Crippen molar-refractivity contribution < 1.29 is 14.3 Å². The topological polar surface area (TPSA) is 50.8 Å². The molecule has 0 spiro atoms. The maximum atomic E-state index is 11.9. The van der Waals surface area contributed by atoms with Crippen LogP contribution in [0.25, 0.3) is 0 Å². The van der Waals surface area contributed by atoms with Gasteiger partial charge in [0.15, 0.2) is 0 Å². The van der Waals surface area contributed by atoms with Crippen molar-refractivity contribution in [2.24, 2.45) is 0 Å². The molecule has 0 unspecified atom stereocenters. The number of morpholine rings is 1. The SMILES string of the molecule is CC(C)c1cccc(OCCNC(=O)N2CCOCC2)c1. The summed E-state index contributed by atoms with van der Waals surface area (Å²) in [7, 11) is 0. The standard InChI is InChI=1S/C16H24N2O3/c1-13(2)14-4-3-5-15(12-14)21-9-6-17-16(19)18-7-10-20-11-8-18/h3-5,12-13H,6-11H2,1-2H3,(H,17,19). The zero-order valence-corrected chi connectivity index (χ0v) is 12.8. The van der Waals surface area contributed by atoms with Gasteiger partial charge in [0.2, 0.25) is 0 Å². The Kier molecular flexibility index (Phi) is 5.87. The second-order valence-electron chi connectivity index (χ2n) is 5.41. The molecule has 0 atom stereocenters. The molecule has 0 bridgehead atoms. The Balaban J connectivity index is 1.69. The van der Waals surface area contributed by atoms with Gasteiger partial charge in [-0.15, -0.1) is 0 Å². The van der Waals surface area contributed by atoms with E-state index in [1.54, 1.807) is 4.90 Å². The Morgan fingerprint density at radius 1 is 1.38 bits per heavy atom. The van der Waals surface area contributed by atoms with Crippen molar-refractivity contribution in [2.45, 2.75) is 19.8 Å². The van der Waals surface area contributed by atoms with Crippen LogP contribution in [0.3, 0.4) is 0 Å². The lowest BCUT2D eigenvalue weighted by atomic mass is 10.0. The maximum Gasteiger partial charge on any atom is 0.317 e. The average Bonchev–Trinajstić information content (AvgIpc) is 2.52. The summed E-state index contributed by atoms with van der Waals surface area (Å²) in [6.45, 7) is 7.83. The highest BCUT2D eigenvalue weighted by molar-refractivity contribution is 5.74. The number of nitrogens with one attached hydrogen (secondary N) is 1. The molecule has 21 heavy (non-hydrogen) atoms. The summed E-state index contributed by atoms with van der Waals surface area (Å²) in [6, 6.07) is 8.04. The second-order valence-corrected chi connectivity index (χ2v) is 5.41. The van der Waals surface area contributed by atoms with Gasteiger partial charge >= 0.3 is 6.03 Å². The first-order valence-corrected chi connectivity index (χ1v) is 7.50. The van der Waals surface area contributed by atoms with Gasteiger partial charge in [-0.25, -0.2) is 4.79 Å². The molecular weight excluding hydrogens is 268 g/mol. The number of ether oxygens (including phenoxy) is 2. The maximum absolute atomic E-state index is 11.9. The summed E-state index contributed by atoms with van der Waals surface area (Å²) in [5, 5.41) is 2.87. The van der Waals surface area contributed by atoms with Gasteiger partial charge in [-0.3, -0.25) is 0 Å². The molecule has 0 saturated carbocycles. The Morgan fingerprint density at radius 3 is 2.86 bits per heavy atom. The molecule has 0 aromatic heterocycles. The summed E-state index contributed by atoms with van der Waals surface area (Å²) in [5.41, 5.74) is 1.25. The lowest BCUT2D eigenvalue weighted by Gasteiger charge is -2.26. The van der Waals surface area contributed by atoms with Gasteiger partial charge in [-0.2, -0.15) is 0 Å². The Hall–Kier alpha value is -1.75. The first-order chi connectivity index (χ1) is 10.2. The van der Waals surface area contributed by atoms with Crippen molar-refractivity contribution in [1.82, 2.24) is 10.2 Å². The van der Waals surface area contributed by atoms with Gasteiger partial charge in [0.05, 0.1) is 19.8 Å². The van der Waals surface area contributed by atoms with Crippen molar-refractivity contribution >= 4 is 6.03 Å². The van der Waals surface area contributed by atoms with E-state index in [9.17, 15) is 4.79 Å². The van der Waals surface area contributed by atoms with Crippen LogP contribution in [0.5, 0.6) is 5.75 Å². The summed E-state index contributed by atoms with van der Waals surface area (Å²) < 4.78 is 10.9. The average molecular weight is 292 g/mol. The highest BCUT2D eigenvalue weighted by Crippen LogP contribution is 2.19. The van der Waals surface area contributed by atoms with Gasteiger partial charge in [-0.1, -0.05) is 26.0 Å². The lowest BCUT2D eigenvalue weighted by molar-refractivity contribution is 0.0530. The first-order valence-electron chi connectivity index (χ1n) is 7.50. The minimum atomic E-state index is -0.0437. The van der Waals surface area contributed by atoms with Gasteiger partial charge in [0.1, 0.15) is 12.4 Å². The van der Waals surface area contributed by atoms with Crippen LogP contribution in [0.1, 0.15) is 25.3 Å². The number of rotatable bonds is 5. The van der Waals surface area contributed by atoms with E-state index in [1.165, 1.54) is 5.56 Å². The van der Waals surface area contributed by atoms with Crippen LogP contribution in [0.4, 0.5) is 4.79 Å². The quantitative estimate of drug-likeness (QED) is 0.847. The van der Waals surface area contributed by atoms with Crippen LogP contribution >= 0.6 is 0 Å². The number of carbonyl (C=O) groups is 1. The van der Waals surface area contributed by atoms with E-state index in [-0.39, 0.29) is 6.03 Å². The second kappa shape index (κ2) is 7.88. The molecule has 2 amide bonds.